The number of benzene rings is 2. The molecule has 2 aromatic carbocycles. The fourth-order valence-electron chi connectivity index (χ4n) is 7.91. The number of phenolic OH excluding ortho intramolecular Hbond substituents is 2. The Labute approximate surface area is 255 Å². The van der Waals surface area contributed by atoms with Gasteiger partial charge in [0.15, 0.2) is 17.7 Å². The van der Waals surface area contributed by atoms with Gasteiger partial charge in [-0.2, -0.15) is 0 Å². The first-order valence-electron chi connectivity index (χ1n) is 14.4. The summed E-state index contributed by atoms with van der Waals surface area (Å²) in [5.41, 5.74) is -2.75. The number of aromatic hydroxyl groups is 2. The molecule has 1 saturated heterocycles. The molecule has 0 radical (unpaired) electrons. The van der Waals surface area contributed by atoms with Crippen molar-refractivity contribution in [1.82, 2.24) is 0 Å². The summed E-state index contributed by atoms with van der Waals surface area (Å²) in [7, 11) is 1.10. The van der Waals surface area contributed by atoms with E-state index in [4.69, 9.17) is 18.9 Å². The third-order valence-corrected chi connectivity index (χ3v) is 9.58. The summed E-state index contributed by atoms with van der Waals surface area (Å²) in [6.07, 6.45) is -1.29. The van der Waals surface area contributed by atoms with E-state index in [-0.39, 0.29) is 58.6 Å². The van der Waals surface area contributed by atoms with Crippen LogP contribution in [0.4, 0.5) is 0 Å². The number of methoxy groups -OCH3 is 1. The van der Waals surface area contributed by atoms with Crippen molar-refractivity contribution in [2.45, 2.75) is 63.3 Å². The fourth-order valence-corrected chi connectivity index (χ4v) is 7.91. The van der Waals surface area contributed by atoms with Gasteiger partial charge < -0.3 is 34.3 Å². The zero-order valence-electron chi connectivity index (χ0n) is 24.5. The van der Waals surface area contributed by atoms with E-state index in [1.165, 1.54) is 25.1 Å². The van der Waals surface area contributed by atoms with Crippen LogP contribution < -0.4 is 4.74 Å². The predicted molar refractivity (Wildman–Crippen MR) is 151 cm³/mol. The summed E-state index contributed by atoms with van der Waals surface area (Å²) >= 11 is 0. The maximum atomic E-state index is 14.6. The van der Waals surface area contributed by atoms with Crippen LogP contribution in [0, 0.1) is 5.41 Å². The van der Waals surface area contributed by atoms with Crippen molar-refractivity contribution in [3.8, 4) is 17.2 Å². The Morgan fingerprint density at radius 2 is 1.80 bits per heavy atom. The first kappa shape index (κ1) is 28.6. The minimum Gasteiger partial charge on any atom is -0.507 e. The third-order valence-electron chi connectivity index (χ3n) is 9.58. The van der Waals surface area contributed by atoms with Gasteiger partial charge in [0.25, 0.3) is 0 Å². The molecule has 4 aliphatic carbocycles. The fraction of sp³-hybridized carbons (Fsp3) is 0.364. The Balaban J connectivity index is 1.51. The van der Waals surface area contributed by atoms with Crippen LogP contribution in [0.25, 0.3) is 5.76 Å². The summed E-state index contributed by atoms with van der Waals surface area (Å²) in [6.45, 7) is 2.88. The highest BCUT2D eigenvalue weighted by Crippen LogP contribution is 2.64. The van der Waals surface area contributed by atoms with E-state index in [1.807, 2.05) is 0 Å². The number of Topliss-reactive ketones (excluding diaryl/α,β-unsaturated/α-hetero) is 2. The molecule has 0 saturated carbocycles. The largest absolute Gasteiger partial charge is 0.507 e. The zero-order valence-corrected chi connectivity index (χ0v) is 24.5. The summed E-state index contributed by atoms with van der Waals surface area (Å²) in [6, 6.07) is 5.78. The predicted octanol–water partition coefficient (Wildman–Crippen LogP) is 3.42. The van der Waals surface area contributed by atoms with Crippen molar-refractivity contribution in [3.05, 3.63) is 69.3 Å². The molecule has 8 rings (SSSR count). The Kier molecular flexibility index (Phi) is 6.00. The van der Waals surface area contributed by atoms with Crippen molar-refractivity contribution in [2.75, 3.05) is 7.11 Å². The quantitative estimate of drug-likeness (QED) is 0.260. The molecule has 1 fully saturated rings. The van der Waals surface area contributed by atoms with Crippen LogP contribution in [0.3, 0.4) is 0 Å². The Hall–Kier alpha value is -5.13. The number of aliphatic hydroxyl groups is 1. The summed E-state index contributed by atoms with van der Waals surface area (Å²) in [5.74, 6) is -6.21. The van der Waals surface area contributed by atoms with Crippen LogP contribution in [0.15, 0.2) is 41.5 Å². The van der Waals surface area contributed by atoms with Gasteiger partial charge in [0.05, 0.1) is 36.0 Å². The maximum Gasteiger partial charge on any atom is 0.354 e. The second-order valence-corrected chi connectivity index (χ2v) is 12.1. The Morgan fingerprint density at radius 3 is 2.47 bits per heavy atom. The lowest BCUT2D eigenvalue weighted by atomic mass is 9.60. The number of hydrogen-bond donors (Lipinski definition) is 3. The molecule has 0 amide bonds. The number of hydrogen-bond acceptors (Lipinski definition) is 12. The molecule has 12 nitrogen and oxygen atoms in total. The molecule has 1 spiro atoms. The molecule has 2 heterocycles. The number of aliphatic hydroxyl groups excluding tert-OH is 1. The first-order chi connectivity index (χ1) is 21.3. The van der Waals surface area contributed by atoms with E-state index < -0.39 is 76.5 Å². The average molecular weight is 617 g/mol. The highest BCUT2D eigenvalue weighted by atomic mass is 16.6. The number of rotatable bonds is 3. The molecular formula is C33H28O12. The summed E-state index contributed by atoms with van der Waals surface area (Å²) in [4.78, 5) is 66.3. The van der Waals surface area contributed by atoms with Crippen molar-refractivity contribution >= 4 is 35.2 Å². The molecule has 2 aromatic rings. The van der Waals surface area contributed by atoms with Crippen LogP contribution in [0.5, 0.6) is 17.2 Å². The second-order valence-electron chi connectivity index (χ2n) is 12.1. The van der Waals surface area contributed by atoms with Gasteiger partial charge in [-0.25, -0.2) is 4.79 Å². The first-order valence-corrected chi connectivity index (χ1v) is 14.4. The lowest BCUT2D eigenvalue weighted by Crippen LogP contribution is -2.58. The van der Waals surface area contributed by atoms with E-state index in [1.54, 1.807) is 19.1 Å². The zero-order chi connectivity index (χ0) is 32.2. The van der Waals surface area contributed by atoms with Crippen LogP contribution in [-0.2, 0) is 39.8 Å². The van der Waals surface area contributed by atoms with Crippen molar-refractivity contribution in [3.63, 3.8) is 0 Å². The second kappa shape index (κ2) is 9.43. The SMILES string of the molecule is COC(=O)C1(C2CCC(=O)O2)CC(=O)c2c(O)cc3c(c2O1)C1C(=O)C2=C(O)c4c(O)cccc4C(OC(C)=O)C2(C=C1C)C3. The highest BCUT2D eigenvalue weighted by molar-refractivity contribution is 6.13. The van der Waals surface area contributed by atoms with Crippen LogP contribution in [0.2, 0.25) is 0 Å². The molecule has 2 bridgehead atoms. The number of phenols is 2. The highest BCUT2D eigenvalue weighted by Gasteiger charge is 2.62. The van der Waals surface area contributed by atoms with Gasteiger partial charge in [0.2, 0.25) is 5.60 Å². The van der Waals surface area contributed by atoms with E-state index in [0.29, 0.717) is 11.1 Å². The molecule has 12 heteroatoms. The molecule has 5 unspecified atom stereocenters. The lowest BCUT2D eigenvalue weighted by molar-refractivity contribution is -0.175. The molecule has 45 heavy (non-hydrogen) atoms. The molecule has 3 N–H and O–H groups in total. The van der Waals surface area contributed by atoms with Crippen molar-refractivity contribution < 1.29 is 58.2 Å². The van der Waals surface area contributed by atoms with Gasteiger partial charge in [-0.1, -0.05) is 23.8 Å². The normalized spacial score (nSPS) is 29.4. The molecule has 5 atom stereocenters. The van der Waals surface area contributed by atoms with Gasteiger partial charge in [-0.15, -0.1) is 0 Å². The maximum absolute atomic E-state index is 14.6. The topological polar surface area (TPSA) is 183 Å². The van der Waals surface area contributed by atoms with Gasteiger partial charge in [0, 0.05) is 24.5 Å². The lowest BCUT2D eigenvalue weighted by Gasteiger charge is -2.45. The number of carbonyl (C=O) groups is 5. The minimum atomic E-state index is -2.09. The molecule has 6 aliphatic rings. The smallest absolute Gasteiger partial charge is 0.354 e. The molecule has 232 valence electrons. The molecule has 2 aliphatic heterocycles. The third kappa shape index (κ3) is 3.68. The van der Waals surface area contributed by atoms with Gasteiger partial charge in [0.1, 0.15) is 34.7 Å². The van der Waals surface area contributed by atoms with E-state index in [2.05, 4.69) is 0 Å². The Morgan fingerprint density at radius 1 is 1.04 bits per heavy atom. The number of ether oxygens (including phenoxy) is 4. The average Bonchev–Trinajstić information content (AvgIpc) is 3.32. The van der Waals surface area contributed by atoms with Crippen molar-refractivity contribution in [2.24, 2.45) is 5.41 Å². The van der Waals surface area contributed by atoms with Crippen LogP contribution >= 0.6 is 0 Å². The minimum absolute atomic E-state index is 0.0180. The number of carbonyl (C=O) groups excluding carboxylic acids is 5. The number of ketones is 2. The Bertz CT molecular complexity index is 1850. The number of esters is 3. The van der Waals surface area contributed by atoms with Crippen LogP contribution in [-0.4, -0.2) is 63.6 Å². The van der Waals surface area contributed by atoms with Crippen LogP contribution in [0.1, 0.15) is 77.7 Å². The standard InChI is InChI=1S/C33H28O12/c1-13-10-32-11-15-9-18(36)25-19(37)12-33(31(41)42-3,20-7-8-21(38)44-20)45-29(25)23(15)22(13)27(39)26(32)28(40)24-16(5-4-6-17(24)35)30(32)43-14(2)34/h4-6,9-10,20,22,30,35-36,40H,7-8,11-12H2,1-3H3. The number of cyclic esters (lactones) is 1. The van der Waals surface area contributed by atoms with Crippen molar-refractivity contribution in [1.29, 1.82) is 0 Å². The number of fused-ring (bicyclic) bond motifs is 2. The molecular weight excluding hydrogens is 588 g/mol. The monoisotopic (exact) mass is 616 g/mol. The van der Waals surface area contributed by atoms with Gasteiger partial charge in [-0.05, 0) is 37.5 Å². The summed E-state index contributed by atoms with van der Waals surface area (Å²) < 4.78 is 22.7. The molecule has 0 aromatic heterocycles. The summed E-state index contributed by atoms with van der Waals surface area (Å²) in [5, 5.41) is 33.6. The van der Waals surface area contributed by atoms with Gasteiger partial charge in [-0.3, -0.25) is 19.2 Å². The van der Waals surface area contributed by atoms with Gasteiger partial charge >= 0.3 is 17.9 Å². The van der Waals surface area contributed by atoms with E-state index in [0.717, 1.165) is 7.11 Å². The van der Waals surface area contributed by atoms with E-state index >= 15 is 0 Å². The number of allylic oxidation sites excluding steroid dienone is 1. The van der Waals surface area contributed by atoms with E-state index in [9.17, 15) is 39.3 Å².